The van der Waals surface area contributed by atoms with Crippen molar-refractivity contribution in [1.29, 1.82) is 0 Å². The Balaban J connectivity index is 2.61. The first-order valence-electron chi connectivity index (χ1n) is 5.21. The first-order chi connectivity index (χ1) is 7.65. The number of amides is 1. The summed E-state index contributed by atoms with van der Waals surface area (Å²) in [7, 11) is 0. The van der Waals surface area contributed by atoms with E-state index in [9.17, 15) is 14.9 Å². The number of carbonyl (C=O) groups is 1. The second-order valence-corrected chi connectivity index (χ2v) is 3.68. The van der Waals surface area contributed by atoms with Gasteiger partial charge in [0.2, 0.25) is 5.91 Å². The molecule has 1 heterocycles. The van der Waals surface area contributed by atoms with E-state index in [-0.39, 0.29) is 11.6 Å². The van der Waals surface area contributed by atoms with Crippen LogP contribution in [0, 0.1) is 10.1 Å². The summed E-state index contributed by atoms with van der Waals surface area (Å²) in [5.74, 6) is -0.0377. The molecule has 0 aliphatic carbocycles. The van der Waals surface area contributed by atoms with Gasteiger partial charge in [0.05, 0.1) is 4.92 Å². The van der Waals surface area contributed by atoms with Crippen LogP contribution in [0.5, 0.6) is 0 Å². The van der Waals surface area contributed by atoms with E-state index in [1.165, 1.54) is 11.0 Å². The molecule has 1 aliphatic heterocycles. The van der Waals surface area contributed by atoms with Gasteiger partial charge in [-0.1, -0.05) is 12.1 Å². The molecule has 1 amide bonds. The third-order valence-electron chi connectivity index (χ3n) is 2.79. The molecule has 0 bridgehead atoms. The molecule has 84 valence electrons. The van der Waals surface area contributed by atoms with Crippen molar-refractivity contribution in [3.63, 3.8) is 0 Å². The lowest BCUT2D eigenvalue weighted by atomic mass is 10.00. The fourth-order valence-corrected chi connectivity index (χ4v) is 2.07. The number of nitro benzene ring substituents is 1. The summed E-state index contributed by atoms with van der Waals surface area (Å²) in [6, 6.07) is 4.96. The number of fused-ring (bicyclic) bond motifs is 1. The molecule has 0 N–H and O–H groups in total. The first-order valence-corrected chi connectivity index (χ1v) is 5.21. The highest BCUT2D eigenvalue weighted by Crippen LogP contribution is 2.35. The number of para-hydroxylation sites is 1. The molecule has 1 aromatic carbocycles. The smallest absolute Gasteiger partial charge is 0.293 e. The number of hydrogen-bond acceptors (Lipinski definition) is 3. The molecule has 1 aromatic rings. The van der Waals surface area contributed by atoms with Gasteiger partial charge in [0.1, 0.15) is 5.69 Å². The average molecular weight is 220 g/mol. The van der Waals surface area contributed by atoms with Crippen LogP contribution in [-0.2, 0) is 11.2 Å². The van der Waals surface area contributed by atoms with Crippen molar-refractivity contribution in [2.75, 3.05) is 11.4 Å². The predicted octanol–water partition coefficient (Wildman–Crippen LogP) is 1.89. The lowest BCUT2D eigenvalue weighted by Crippen LogP contribution is -2.35. The largest absolute Gasteiger partial charge is 0.306 e. The number of anilines is 1. The van der Waals surface area contributed by atoms with Gasteiger partial charge < -0.3 is 4.90 Å². The summed E-state index contributed by atoms with van der Waals surface area (Å²) >= 11 is 0. The van der Waals surface area contributed by atoms with E-state index in [1.807, 2.05) is 13.0 Å². The van der Waals surface area contributed by atoms with Crippen LogP contribution in [-0.4, -0.2) is 17.4 Å². The Morgan fingerprint density at radius 2 is 2.19 bits per heavy atom. The SMILES string of the molecule is CCN1C(=O)CCc2cccc([N+](=O)[O-])c21. The Bertz CT molecular complexity index is 457. The first kappa shape index (κ1) is 10.6. The van der Waals surface area contributed by atoms with Crippen molar-refractivity contribution in [3.8, 4) is 0 Å². The van der Waals surface area contributed by atoms with Crippen LogP contribution < -0.4 is 4.90 Å². The highest BCUT2D eigenvalue weighted by Gasteiger charge is 2.29. The van der Waals surface area contributed by atoms with E-state index in [2.05, 4.69) is 0 Å². The van der Waals surface area contributed by atoms with Gasteiger partial charge in [0, 0.05) is 19.0 Å². The number of benzene rings is 1. The molecule has 5 heteroatoms. The summed E-state index contributed by atoms with van der Waals surface area (Å²) in [6.07, 6.45) is 1.02. The van der Waals surface area contributed by atoms with Crippen LogP contribution in [0.1, 0.15) is 18.9 Å². The molecule has 0 aromatic heterocycles. The lowest BCUT2D eigenvalue weighted by Gasteiger charge is -2.27. The summed E-state index contributed by atoms with van der Waals surface area (Å²) < 4.78 is 0. The number of hydrogen-bond donors (Lipinski definition) is 0. The average Bonchev–Trinajstić information content (AvgIpc) is 2.28. The van der Waals surface area contributed by atoms with Gasteiger partial charge in [-0.25, -0.2) is 0 Å². The Morgan fingerprint density at radius 3 is 2.81 bits per heavy atom. The monoisotopic (exact) mass is 220 g/mol. The molecule has 0 saturated heterocycles. The highest BCUT2D eigenvalue weighted by molar-refractivity contribution is 5.98. The standard InChI is InChI=1S/C11H12N2O3/c1-2-12-10(14)7-6-8-4-3-5-9(11(8)12)13(15)16/h3-5H,2,6-7H2,1H3. The third-order valence-corrected chi connectivity index (χ3v) is 2.79. The number of aryl methyl sites for hydroxylation is 1. The molecule has 16 heavy (non-hydrogen) atoms. The van der Waals surface area contributed by atoms with Crippen molar-refractivity contribution < 1.29 is 9.72 Å². The number of carbonyl (C=O) groups excluding carboxylic acids is 1. The zero-order chi connectivity index (χ0) is 11.7. The molecule has 5 nitrogen and oxygen atoms in total. The van der Waals surface area contributed by atoms with Gasteiger partial charge >= 0.3 is 0 Å². The molecule has 2 rings (SSSR count). The van der Waals surface area contributed by atoms with Gasteiger partial charge in [-0.15, -0.1) is 0 Å². The van der Waals surface area contributed by atoms with Crippen LogP contribution in [0.25, 0.3) is 0 Å². The summed E-state index contributed by atoms with van der Waals surface area (Å²) in [6.45, 7) is 2.29. The van der Waals surface area contributed by atoms with Crippen LogP contribution in [0.2, 0.25) is 0 Å². The number of nitrogens with zero attached hydrogens (tertiary/aromatic N) is 2. The van der Waals surface area contributed by atoms with Gasteiger partial charge in [-0.2, -0.15) is 0 Å². The number of nitro groups is 1. The van der Waals surface area contributed by atoms with Gasteiger partial charge in [-0.3, -0.25) is 14.9 Å². The van der Waals surface area contributed by atoms with E-state index in [0.717, 1.165) is 5.56 Å². The molecule has 1 aliphatic rings. The molecule has 0 atom stereocenters. The van der Waals surface area contributed by atoms with Gasteiger partial charge in [0.25, 0.3) is 5.69 Å². The maximum absolute atomic E-state index is 11.7. The Hall–Kier alpha value is -1.91. The summed E-state index contributed by atoms with van der Waals surface area (Å²) in [5.41, 5.74) is 1.38. The molecule has 0 fully saturated rings. The third kappa shape index (κ3) is 1.54. The maximum Gasteiger partial charge on any atom is 0.293 e. The molecule has 0 spiro atoms. The molecule has 0 radical (unpaired) electrons. The minimum absolute atomic E-state index is 0.0207. The lowest BCUT2D eigenvalue weighted by molar-refractivity contribution is -0.384. The Kier molecular flexibility index (Phi) is 2.60. The maximum atomic E-state index is 11.7. The van der Waals surface area contributed by atoms with Crippen LogP contribution >= 0.6 is 0 Å². The zero-order valence-corrected chi connectivity index (χ0v) is 8.97. The van der Waals surface area contributed by atoms with Gasteiger partial charge in [0.15, 0.2) is 0 Å². The van der Waals surface area contributed by atoms with Crippen molar-refractivity contribution in [3.05, 3.63) is 33.9 Å². The Labute approximate surface area is 92.8 Å². The van der Waals surface area contributed by atoms with Crippen molar-refractivity contribution in [2.45, 2.75) is 19.8 Å². The summed E-state index contributed by atoms with van der Waals surface area (Å²) in [5, 5.41) is 10.9. The highest BCUT2D eigenvalue weighted by atomic mass is 16.6. The quantitative estimate of drug-likeness (QED) is 0.564. The molecule has 0 unspecified atom stereocenters. The van der Waals surface area contributed by atoms with Gasteiger partial charge in [-0.05, 0) is 18.9 Å². The van der Waals surface area contributed by atoms with E-state index in [0.29, 0.717) is 25.1 Å². The normalized spacial score (nSPS) is 14.8. The zero-order valence-electron chi connectivity index (χ0n) is 8.97. The minimum Gasteiger partial charge on any atom is -0.306 e. The fourth-order valence-electron chi connectivity index (χ4n) is 2.07. The second kappa shape index (κ2) is 3.92. The van der Waals surface area contributed by atoms with Crippen LogP contribution in [0.15, 0.2) is 18.2 Å². The molecular formula is C11H12N2O3. The Morgan fingerprint density at radius 1 is 1.44 bits per heavy atom. The van der Waals surface area contributed by atoms with Crippen molar-refractivity contribution in [1.82, 2.24) is 0 Å². The van der Waals surface area contributed by atoms with E-state index < -0.39 is 4.92 Å². The van der Waals surface area contributed by atoms with Crippen LogP contribution in [0.3, 0.4) is 0 Å². The minimum atomic E-state index is -0.430. The molecule has 0 saturated carbocycles. The van der Waals surface area contributed by atoms with Crippen LogP contribution in [0.4, 0.5) is 11.4 Å². The predicted molar refractivity (Wildman–Crippen MR) is 59.4 cm³/mol. The molecular weight excluding hydrogens is 208 g/mol. The summed E-state index contributed by atoms with van der Waals surface area (Å²) in [4.78, 5) is 23.6. The van der Waals surface area contributed by atoms with Crippen molar-refractivity contribution in [2.24, 2.45) is 0 Å². The fraction of sp³-hybridized carbons (Fsp3) is 0.364. The van der Waals surface area contributed by atoms with E-state index in [1.54, 1.807) is 6.07 Å². The van der Waals surface area contributed by atoms with Crippen molar-refractivity contribution >= 4 is 17.3 Å². The van der Waals surface area contributed by atoms with E-state index in [4.69, 9.17) is 0 Å². The topological polar surface area (TPSA) is 63.5 Å². The number of rotatable bonds is 2. The van der Waals surface area contributed by atoms with E-state index >= 15 is 0 Å². The second-order valence-electron chi connectivity index (χ2n) is 3.68.